The fraction of sp³-hybridized carbons (Fsp3) is 0.312. The summed E-state index contributed by atoms with van der Waals surface area (Å²) in [7, 11) is 0. The molecule has 0 aliphatic carbocycles. The Labute approximate surface area is 122 Å². The Kier molecular flexibility index (Phi) is 4.31. The minimum atomic E-state index is -0.848. The van der Waals surface area contributed by atoms with Gasteiger partial charge >= 0.3 is 5.97 Å². The molecule has 21 heavy (non-hydrogen) atoms. The highest BCUT2D eigenvalue weighted by molar-refractivity contribution is 5.67. The lowest BCUT2D eigenvalue weighted by Crippen LogP contribution is -2.06. The SMILES string of the molecule is Cc1cc(F)cc(-c2nc(C)c(CCC(=O)O)c(C)n2)c1. The van der Waals surface area contributed by atoms with Gasteiger partial charge in [-0.1, -0.05) is 0 Å². The van der Waals surface area contributed by atoms with Crippen molar-refractivity contribution >= 4 is 5.97 Å². The van der Waals surface area contributed by atoms with Crippen molar-refractivity contribution in [2.24, 2.45) is 0 Å². The number of rotatable bonds is 4. The first-order valence-corrected chi connectivity index (χ1v) is 6.70. The number of carboxylic acids is 1. The lowest BCUT2D eigenvalue weighted by molar-refractivity contribution is -0.136. The number of carboxylic acid groups (broad SMARTS) is 1. The van der Waals surface area contributed by atoms with Crippen molar-refractivity contribution < 1.29 is 14.3 Å². The molecule has 0 bridgehead atoms. The summed E-state index contributed by atoms with van der Waals surface area (Å²) < 4.78 is 13.5. The van der Waals surface area contributed by atoms with Crippen LogP contribution in [-0.2, 0) is 11.2 Å². The normalized spacial score (nSPS) is 10.7. The third-order valence-electron chi connectivity index (χ3n) is 3.31. The van der Waals surface area contributed by atoms with Gasteiger partial charge in [-0.3, -0.25) is 4.79 Å². The van der Waals surface area contributed by atoms with E-state index in [0.717, 1.165) is 22.5 Å². The van der Waals surface area contributed by atoms with Gasteiger partial charge in [0.05, 0.1) is 0 Å². The zero-order chi connectivity index (χ0) is 15.6. The van der Waals surface area contributed by atoms with E-state index >= 15 is 0 Å². The van der Waals surface area contributed by atoms with E-state index in [1.807, 2.05) is 26.8 Å². The molecule has 0 amide bonds. The van der Waals surface area contributed by atoms with Gasteiger partial charge in [0.15, 0.2) is 5.82 Å². The van der Waals surface area contributed by atoms with E-state index in [4.69, 9.17) is 5.11 Å². The van der Waals surface area contributed by atoms with Crippen LogP contribution in [0, 0.1) is 26.6 Å². The highest BCUT2D eigenvalue weighted by Crippen LogP contribution is 2.22. The quantitative estimate of drug-likeness (QED) is 0.938. The summed E-state index contributed by atoms with van der Waals surface area (Å²) >= 11 is 0. The molecule has 1 N–H and O–H groups in total. The monoisotopic (exact) mass is 288 g/mol. The maximum atomic E-state index is 13.5. The summed E-state index contributed by atoms with van der Waals surface area (Å²) in [5.74, 6) is -0.704. The van der Waals surface area contributed by atoms with Crippen LogP contribution >= 0.6 is 0 Å². The molecule has 110 valence electrons. The van der Waals surface area contributed by atoms with E-state index in [1.54, 1.807) is 0 Å². The molecular weight excluding hydrogens is 271 g/mol. The Bertz CT molecular complexity index is 655. The van der Waals surface area contributed by atoms with Gasteiger partial charge in [0, 0.05) is 23.4 Å². The lowest BCUT2D eigenvalue weighted by atomic mass is 10.1. The molecule has 0 saturated heterocycles. The molecule has 0 aliphatic heterocycles. The van der Waals surface area contributed by atoms with Crippen LogP contribution in [0.1, 0.15) is 28.9 Å². The van der Waals surface area contributed by atoms with Gasteiger partial charge < -0.3 is 5.11 Å². The third kappa shape index (κ3) is 3.62. The number of nitrogens with zero attached hydrogens (tertiary/aromatic N) is 2. The molecule has 0 aliphatic rings. The Morgan fingerprint density at radius 3 is 2.29 bits per heavy atom. The van der Waals surface area contributed by atoms with Crippen LogP contribution in [0.25, 0.3) is 11.4 Å². The van der Waals surface area contributed by atoms with Crippen molar-refractivity contribution in [1.29, 1.82) is 0 Å². The van der Waals surface area contributed by atoms with E-state index in [9.17, 15) is 9.18 Å². The molecule has 0 saturated carbocycles. The topological polar surface area (TPSA) is 63.1 Å². The maximum Gasteiger partial charge on any atom is 0.303 e. The second-order valence-electron chi connectivity index (χ2n) is 5.11. The Morgan fingerprint density at radius 2 is 1.76 bits per heavy atom. The molecule has 1 aromatic carbocycles. The molecule has 0 unspecified atom stereocenters. The number of halogens is 1. The summed E-state index contributed by atoms with van der Waals surface area (Å²) in [5, 5.41) is 8.77. The lowest BCUT2D eigenvalue weighted by Gasteiger charge is -2.10. The average Bonchev–Trinajstić information content (AvgIpc) is 2.36. The number of hydrogen-bond acceptors (Lipinski definition) is 3. The molecule has 0 atom stereocenters. The average molecular weight is 288 g/mol. The van der Waals surface area contributed by atoms with Gasteiger partial charge in [-0.25, -0.2) is 14.4 Å². The fourth-order valence-corrected chi connectivity index (χ4v) is 2.33. The summed E-state index contributed by atoms with van der Waals surface area (Å²) in [4.78, 5) is 19.5. The highest BCUT2D eigenvalue weighted by atomic mass is 19.1. The smallest absolute Gasteiger partial charge is 0.303 e. The van der Waals surface area contributed by atoms with E-state index in [-0.39, 0.29) is 12.2 Å². The van der Waals surface area contributed by atoms with Crippen LogP contribution < -0.4 is 0 Å². The van der Waals surface area contributed by atoms with E-state index in [1.165, 1.54) is 12.1 Å². The first kappa shape index (κ1) is 15.1. The molecule has 2 rings (SSSR count). The molecule has 0 spiro atoms. The summed E-state index contributed by atoms with van der Waals surface area (Å²) in [6.07, 6.45) is 0.443. The molecular formula is C16H17FN2O2. The minimum Gasteiger partial charge on any atom is -0.481 e. The van der Waals surface area contributed by atoms with Crippen molar-refractivity contribution in [3.63, 3.8) is 0 Å². The standard InChI is InChI=1S/C16H17FN2O2/c1-9-6-12(8-13(17)7-9)16-18-10(2)14(11(3)19-16)4-5-15(20)21/h6-8H,4-5H2,1-3H3,(H,20,21). The van der Waals surface area contributed by atoms with Gasteiger partial charge in [-0.2, -0.15) is 0 Å². The number of hydrogen-bond donors (Lipinski definition) is 1. The number of benzene rings is 1. The largest absolute Gasteiger partial charge is 0.481 e. The summed E-state index contributed by atoms with van der Waals surface area (Å²) in [5.41, 5.74) is 3.75. The Balaban J connectivity index is 2.41. The highest BCUT2D eigenvalue weighted by Gasteiger charge is 2.12. The first-order valence-electron chi connectivity index (χ1n) is 6.70. The van der Waals surface area contributed by atoms with Crippen molar-refractivity contribution in [1.82, 2.24) is 9.97 Å². The molecule has 0 fully saturated rings. The Hall–Kier alpha value is -2.30. The second kappa shape index (κ2) is 5.99. The molecule has 1 aromatic heterocycles. The van der Waals surface area contributed by atoms with Crippen LogP contribution in [0.3, 0.4) is 0 Å². The second-order valence-corrected chi connectivity index (χ2v) is 5.11. The number of aryl methyl sites for hydroxylation is 3. The zero-order valence-electron chi connectivity index (χ0n) is 12.3. The van der Waals surface area contributed by atoms with Gasteiger partial charge in [-0.15, -0.1) is 0 Å². The Morgan fingerprint density at radius 1 is 1.14 bits per heavy atom. The molecule has 2 aromatic rings. The zero-order valence-corrected chi connectivity index (χ0v) is 12.3. The minimum absolute atomic E-state index is 0.0451. The molecule has 0 radical (unpaired) electrons. The fourth-order valence-electron chi connectivity index (χ4n) is 2.33. The van der Waals surface area contributed by atoms with E-state index in [2.05, 4.69) is 9.97 Å². The molecule has 1 heterocycles. The van der Waals surface area contributed by atoms with E-state index in [0.29, 0.717) is 17.8 Å². The van der Waals surface area contributed by atoms with Crippen LogP contribution in [0.5, 0.6) is 0 Å². The first-order chi connectivity index (χ1) is 9.86. The van der Waals surface area contributed by atoms with Crippen molar-refractivity contribution in [2.45, 2.75) is 33.6 Å². The van der Waals surface area contributed by atoms with Crippen molar-refractivity contribution in [3.8, 4) is 11.4 Å². The number of aliphatic carboxylic acids is 1. The van der Waals surface area contributed by atoms with Crippen LogP contribution in [0.15, 0.2) is 18.2 Å². The van der Waals surface area contributed by atoms with Crippen LogP contribution in [0.2, 0.25) is 0 Å². The van der Waals surface area contributed by atoms with Crippen LogP contribution in [-0.4, -0.2) is 21.0 Å². The molecule has 5 heteroatoms. The van der Waals surface area contributed by atoms with Crippen molar-refractivity contribution in [3.05, 3.63) is 46.5 Å². The predicted octanol–water partition coefficient (Wildman–Crippen LogP) is 3.23. The number of aromatic nitrogens is 2. The van der Waals surface area contributed by atoms with Gasteiger partial charge in [-0.05, 0) is 56.5 Å². The van der Waals surface area contributed by atoms with Crippen molar-refractivity contribution in [2.75, 3.05) is 0 Å². The summed E-state index contributed by atoms with van der Waals surface area (Å²) in [6.45, 7) is 5.45. The van der Waals surface area contributed by atoms with Crippen LogP contribution in [0.4, 0.5) is 4.39 Å². The van der Waals surface area contributed by atoms with Gasteiger partial charge in [0.1, 0.15) is 5.82 Å². The van der Waals surface area contributed by atoms with Gasteiger partial charge in [0.25, 0.3) is 0 Å². The maximum absolute atomic E-state index is 13.5. The third-order valence-corrected chi connectivity index (χ3v) is 3.31. The summed E-state index contributed by atoms with van der Waals surface area (Å²) in [6, 6.07) is 4.68. The van der Waals surface area contributed by atoms with E-state index < -0.39 is 5.97 Å². The predicted molar refractivity (Wildman–Crippen MR) is 77.6 cm³/mol. The molecule has 4 nitrogen and oxygen atoms in total. The number of carbonyl (C=O) groups is 1. The van der Waals surface area contributed by atoms with Gasteiger partial charge in [0.2, 0.25) is 0 Å².